The lowest BCUT2D eigenvalue weighted by Crippen LogP contribution is -2.18. The fraction of sp³-hybridized carbons (Fsp3) is 0.294. The summed E-state index contributed by atoms with van der Waals surface area (Å²) in [4.78, 5) is 0. The molecule has 1 aliphatic heterocycles. The Morgan fingerprint density at radius 3 is 2.86 bits per heavy atom. The van der Waals surface area contributed by atoms with E-state index >= 15 is 0 Å². The molecule has 0 fully saturated rings. The predicted molar refractivity (Wildman–Crippen MR) is 87.4 cm³/mol. The third kappa shape index (κ3) is 3.34. The summed E-state index contributed by atoms with van der Waals surface area (Å²) in [6.45, 7) is 3.58. The first-order valence-electron chi connectivity index (χ1n) is 7.06. The molecule has 21 heavy (non-hydrogen) atoms. The molecule has 0 saturated heterocycles. The number of hydrogen-bond donors (Lipinski definition) is 1. The van der Waals surface area contributed by atoms with Crippen LogP contribution >= 0.6 is 23.2 Å². The lowest BCUT2D eigenvalue weighted by Gasteiger charge is -2.16. The molecule has 1 heterocycles. The summed E-state index contributed by atoms with van der Waals surface area (Å²) < 4.78 is 5.72. The molecule has 1 atom stereocenters. The first-order chi connectivity index (χ1) is 10.1. The Morgan fingerprint density at radius 1 is 1.19 bits per heavy atom. The molecule has 1 aliphatic rings. The van der Waals surface area contributed by atoms with Crippen LogP contribution in [-0.2, 0) is 13.0 Å². The molecule has 0 unspecified atom stereocenters. The summed E-state index contributed by atoms with van der Waals surface area (Å²) in [6, 6.07) is 12.1. The zero-order valence-corrected chi connectivity index (χ0v) is 13.3. The van der Waals surface area contributed by atoms with E-state index in [0.29, 0.717) is 0 Å². The van der Waals surface area contributed by atoms with Crippen molar-refractivity contribution in [2.45, 2.75) is 25.9 Å². The van der Waals surface area contributed by atoms with Crippen LogP contribution in [0.15, 0.2) is 36.4 Å². The highest BCUT2D eigenvalue weighted by molar-refractivity contribution is 6.31. The Morgan fingerprint density at radius 2 is 2.05 bits per heavy atom. The topological polar surface area (TPSA) is 21.3 Å². The van der Waals surface area contributed by atoms with Crippen LogP contribution in [0, 0.1) is 0 Å². The van der Waals surface area contributed by atoms with Crippen LogP contribution in [-0.4, -0.2) is 6.61 Å². The molecule has 0 aliphatic carbocycles. The molecule has 1 N–H and O–H groups in total. The maximum absolute atomic E-state index is 6.18. The molecular weight excluding hydrogens is 305 g/mol. The monoisotopic (exact) mass is 321 g/mol. The molecule has 3 rings (SSSR count). The van der Waals surface area contributed by atoms with Crippen LogP contribution < -0.4 is 10.1 Å². The number of ether oxygens (including phenoxy) is 1. The molecule has 0 spiro atoms. The van der Waals surface area contributed by atoms with Gasteiger partial charge in [0.05, 0.1) is 6.61 Å². The smallest absolute Gasteiger partial charge is 0.127 e. The highest BCUT2D eigenvalue weighted by Crippen LogP contribution is 2.33. The quantitative estimate of drug-likeness (QED) is 0.875. The standard InChI is InChI=1S/C17H17Cl2NO/c1-11(12-3-2-4-15(18)7-12)20-10-14-9-16(19)8-13-5-6-21-17(13)14/h2-4,7-9,11,20H,5-6,10H2,1H3/t11-/m1/s1. The number of benzene rings is 2. The summed E-state index contributed by atoms with van der Waals surface area (Å²) in [5.74, 6) is 0.991. The molecule has 110 valence electrons. The van der Waals surface area contributed by atoms with E-state index in [4.69, 9.17) is 27.9 Å². The van der Waals surface area contributed by atoms with E-state index in [2.05, 4.69) is 18.3 Å². The summed E-state index contributed by atoms with van der Waals surface area (Å²) in [5, 5.41) is 5.03. The number of halogens is 2. The van der Waals surface area contributed by atoms with E-state index in [0.717, 1.165) is 40.9 Å². The second-order valence-electron chi connectivity index (χ2n) is 5.31. The molecule has 0 aromatic heterocycles. The van der Waals surface area contributed by atoms with Gasteiger partial charge in [0, 0.05) is 34.6 Å². The average molecular weight is 322 g/mol. The number of hydrogen-bond acceptors (Lipinski definition) is 2. The van der Waals surface area contributed by atoms with Crippen molar-refractivity contribution in [3.05, 3.63) is 63.1 Å². The summed E-state index contributed by atoms with van der Waals surface area (Å²) in [7, 11) is 0. The molecule has 2 aromatic rings. The third-order valence-electron chi connectivity index (χ3n) is 3.77. The fourth-order valence-corrected chi connectivity index (χ4v) is 3.10. The Hall–Kier alpha value is -1.22. The van der Waals surface area contributed by atoms with Gasteiger partial charge in [-0.2, -0.15) is 0 Å². The van der Waals surface area contributed by atoms with Crippen molar-refractivity contribution < 1.29 is 4.74 Å². The summed E-state index contributed by atoms with van der Waals surface area (Å²) in [5.41, 5.74) is 3.49. The average Bonchev–Trinajstić information content (AvgIpc) is 2.92. The highest BCUT2D eigenvalue weighted by Gasteiger charge is 2.18. The van der Waals surface area contributed by atoms with Gasteiger partial charge in [-0.25, -0.2) is 0 Å². The van der Waals surface area contributed by atoms with Crippen molar-refractivity contribution in [1.82, 2.24) is 5.32 Å². The summed E-state index contributed by atoms with van der Waals surface area (Å²) >= 11 is 12.2. The van der Waals surface area contributed by atoms with Crippen LogP contribution in [0.5, 0.6) is 5.75 Å². The maximum atomic E-state index is 6.18. The molecule has 2 nitrogen and oxygen atoms in total. The van der Waals surface area contributed by atoms with Gasteiger partial charge in [0.25, 0.3) is 0 Å². The van der Waals surface area contributed by atoms with Crippen molar-refractivity contribution >= 4 is 23.2 Å². The molecule has 0 bridgehead atoms. The highest BCUT2D eigenvalue weighted by atomic mass is 35.5. The molecule has 0 saturated carbocycles. The Balaban J connectivity index is 1.73. The Bertz CT molecular complexity index is 657. The number of rotatable bonds is 4. The lowest BCUT2D eigenvalue weighted by molar-refractivity contribution is 0.351. The third-order valence-corrected chi connectivity index (χ3v) is 4.23. The second kappa shape index (κ2) is 6.27. The van der Waals surface area contributed by atoms with Crippen molar-refractivity contribution in [2.24, 2.45) is 0 Å². The van der Waals surface area contributed by atoms with E-state index in [1.807, 2.05) is 30.3 Å². The van der Waals surface area contributed by atoms with E-state index < -0.39 is 0 Å². The Labute approximate surface area is 135 Å². The first kappa shape index (κ1) is 14.7. The zero-order chi connectivity index (χ0) is 14.8. The van der Waals surface area contributed by atoms with Crippen LogP contribution in [0.1, 0.15) is 29.7 Å². The van der Waals surface area contributed by atoms with Gasteiger partial charge >= 0.3 is 0 Å². The van der Waals surface area contributed by atoms with Gasteiger partial charge in [0.15, 0.2) is 0 Å². The largest absolute Gasteiger partial charge is 0.493 e. The number of nitrogens with one attached hydrogen (secondary N) is 1. The van der Waals surface area contributed by atoms with Crippen LogP contribution in [0.4, 0.5) is 0 Å². The van der Waals surface area contributed by atoms with Gasteiger partial charge in [-0.15, -0.1) is 0 Å². The van der Waals surface area contributed by atoms with Crippen molar-refractivity contribution in [3.63, 3.8) is 0 Å². The predicted octanol–water partition coefficient (Wildman–Crippen LogP) is 4.78. The van der Waals surface area contributed by atoms with E-state index in [9.17, 15) is 0 Å². The fourth-order valence-electron chi connectivity index (χ4n) is 2.63. The van der Waals surface area contributed by atoms with Crippen LogP contribution in [0.25, 0.3) is 0 Å². The normalized spacial score (nSPS) is 14.6. The van der Waals surface area contributed by atoms with Crippen molar-refractivity contribution in [2.75, 3.05) is 6.61 Å². The lowest BCUT2D eigenvalue weighted by atomic mass is 10.1. The Kier molecular flexibility index (Phi) is 4.39. The van der Waals surface area contributed by atoms with Crippen molar-refractivity contribution in [1.29, 1.82) is 0 Å². The van der Waals surface area contributed by atoms with Gasteiger partial charge < -0.3 is 10.1 Å². The first-order valence-corrected chi connectivity index (χ1v) is 7.82. The number of fused-ring (bicyclic) bond motifs is 1. The summed E-state index contributed by atoms with van der Waals surface area (Å²) in [6.07, 6.45) is 0.937. The molecule has 4 heteroatoms. The second-order valence-corrected chi connectivity index (χ2v) is 6.18. The minimum absolute atomic E-state index is 0.208. The molecule has 2 aromatic carbocycles. The van der Waals surface area contributed by atoms with Gasteiger partial charge in [0.1, 0.15) is 5.75 Å². The van der Waals surface area contributed by atoms with Gasteiger partial charge in [-0.3, -0.25) is 0 Å². The SMILES string of the molecule is C[C@@H](NCc1cc(Cl)cc2c1OCC2)c1cccc(Cl)c1. The minimum atomic E-state index is 0.208. The molecular formula is C17H17Cl2NO. The van der Waals surface area contributed by atoms with E-state index in [1.165, 1.54) is 11.1 Å². The minimum Gasteiger partial charge on any atom is -0.493 e. The molecule has 0 radical (unpaired) electrons. The van der Waals surface area contributed by atoms with E-state index in [1.54, 1.807) is 0 Å². The van der Waals surface area contributed by atoms with Crippen LogP contribution in [0.2, 0.25) is 10.0 Å². The molecule has 0 amide bonds. The van der Waals surface area contributed by atoms with Crippen LogP contribution in [0.3, 0.4) is 0 Å². The van der Waals surface area contributed by atoms with Gasteiger partial charge in [-0.05, 0) is 42.3 Å². The van der Waals surface area contributed by atoms with Gasteiger partial charge in [0.2, 0.25) is 0 Å². The van der Waals surface area contributed by atoms with E-state index in [-0.39, 0.29) is 6.04 Å². The van der Waals surface area contributed by atoms with Gasteiger partial charge in [-0.1, -0.05) is 35.3 Å². The zero-order valence-electron chi connectivity index (χ0n) is 11.8. The maximum Gasteiger partial charge on any atom is 0.127 e. The van der Waals surface area contributed by atoms with Crippen molar-refractivity contribution in [3.8, 4) is 5.75 Å².